The van der Waals surface area contributed by atoms with Gasteiger partial charge in [-0.3, -0.25) is 4.79 Å². The summed E-state index contributed by atoms with van der Waals surface area (Å²) in [5, 5.41) is 7.13. The molecule has 0 aliphatic heterocycles. The lowest BCUT2D eigenvalue weighted by Gasteiger charge is -2.14. The molecule has 1 aromatic carbocycles. The van der Waals surface area contributed by atoms with Gasteiger partial charge in [-0.1, -0.05) is 6.92 Å². The molecule has 2 heterocycles. The molecule has 0 aliphatic rings. The molecule has 7 heteroatoms. The van der Waals surface area contributed by atoms with E-state index in [1.54, 1.807) is 25.1 Å². The van der Waals surface area contributed by atoms with Crippen molar-refractivity contribution in [3.05, 3.63) is 41.8 Å². The van der Waals surface area contributed by atoms with Gasteiger partial charge in [0.05, 0.1) is 6.04 Å². The molecule has 1 N–H and O–H groups in total. The van der Waals surface area contributed by atoms with Crippen LogP contribution in [0.2, 0.25) is 0 Å². The Bertz CT molecular complexity index is 836. The van der Waals surface area contributed by atoms with E-state index in [4.69, 9.17) is 4.42 Å². The van der Waals surface area contributed by atoms with Gasteiger partial charge in [-0.15, -0.1) is 0 Å². The van der Waals surface area contributed by atoms with Crippen molar-refractivity contribution >= 4 is 17.0 Å². The molecule has 0 spiro atoms. The third-order valence-electron chi connectivity index (χ3n) is 3.57. The highest BCUT2D eigenvalue weighted by Gasteiger charge is 2.17. The molecule has 120 valence electrons. The number of rotatable bonds is 5. The second kappa shape index (κ2) is 6.20. The van der Waals surface area contributed by atoms with E-state index in [9.17, 15) is 4.79 Å². The van der Waals surface area contributed by atoms with E-state index >= 15 is 0 Å². The fraction of sp³-hybridized carbons (Fsp3) is 0.375. The summed E-state index contributed by atoms with van der Waals surface area (Å²) in [6.07, 6.45) is 2.47. The SMILES string of the molecule is CCCn1ncnc1[C@H](C)NC(=O)c1ccc2nc(C)oc2c1. The van der Waals surface area contributed by atoms with Gasteiger partial charge in [-0.2, -0.15) is 5.10 Å². The van der Waals surface area contributed by atoms with E-state index in [-0.39, 0.29) is 11.9 Å². The van der Waals surface area contributed by atoms with E-state index in [0.717, 1.165) is 24.3 Å². The average Bonchev–Trinajstić information content (AvgIpc) is 3.11. The van der Waals surface area contributed by atoms with Crippen LogP contribution in [0.1, 0.15) is 48.4 Å². The fourth-order valence-corrected chi connectivity index (χ4v) is 2.52. The zero-order valence-corrected chi connectivity index (χ0v) is 13.4. The summed E-state index contributed by atoms with van der Waals surface area (Å²) in [6.45, 7) is 6.52. The van der Waals surface area contributed by atoms with Crippen molar-refractivity contribution in [2.45, 2.75) is 39.8 Å². The summed E-state index contributed by atoms with van der Waals surface area (Å²) < 4.78 is 7.28. The molecule has 2 aromatic heterocycles. The number of fused-ring (bicyclic) bond motifs is 1. The van der Waals surface area contributed by atoms with Gasteiger partial charge in [0.1, 0.15) is 17.7 Å². The monoisotopic (exact) mass is 313 g/mol. The Kier molecular flexibility index (Phi) is 4.10. The third-order valence-corrected chi connectivity index (χ3v) is 3.57. The molecular weight excluding hydrogens is 294 g/mol. The van der Waals surface area contributed by atoms with Gasteiger partial charge < -0.3 is 9.73 Å². The normalized spacial score (nSPS) is 12.5. The Morgan fingerprint density at radius 1 is 1.43 bits per heavy atom. The molecule has 23 heavy (non-hydrogen) atoms. The Hall–Kier alpha value is -2.70. The molecule has 0 aliphatic carbocycles. The highest BCUT2D eigenvalue weighted by molar-refractivity contribution is 5.97. The predicted molar refractivity (Wildman–Crippen MR) is 84.9 cm³/mol. The standard InChI is InChI=1S/C16H19N5O2/c1-4-7-21-15(17-9-18-21)10(2)19-16(22)12-5-6-13-14(8-12)23-11(3)20-13/h5-6,8-10H,4,7H2,1-3H3,(H,19,22)/t10-/m0/s1. The molecule has 3 aromatic rings. The van der Waals surface area contributed by atoms with E-state index in [0.29, 0.717) is 17.0 Å². The largest absolute Gasteiger partial charge is 0.441 e. The van der Waals surface area contributed by atoms with Crippen molar-refractivity contribution < 1.29 is 9.21 Å². The molecule has 1 atom stereocenters. The van der Waals surface area contributed by atoms with Crippen molar-refractivity contribution in [2.75, 3.05) is 0 Å². The smallest absolute Gasteiger partial charge is 0.251 e. The zero-order chi connectivity index (χ0) is 16.4. The van der Waals surface area contributed by atoms with E-state index < -0.39 is 0 Å². The maximum atomic E-state index is 12.4. The van der Waals surface area contributed by atoms with Crippen molar-refractivity contribution in [2.24, 2.45) is 0 Å². The van der Waals surface area contributed by atoms with E-state index in [1.165, 1.54) is 6.33 Å². The summed E-state index contributed by atoms with van der Waals surface area (Å²) in [7, 11) is 0. The molecular formula is C16H19N5O2. The summed E-state index contributed by atoms with van der Waals surface area (Å²) in [4.78, 5) is 20.9. The molecule has 1 amide bonds. The van der Waals surface area contributed by atoms with Gasteiger partial charge in [-0.05, 0) is 31.5 Å². The molecule has 0 saturated carbocycles. The Morgan fingerprint density at radius 2 is 2.26 bits per heavy atom. The van der Waals surface area contributed by atoms with Crippen molar-refractivity contribution in [1.82, 2.24) is 25.1 Å². The lowest BCUT2D eigenvalue weighted by Crippen LogP contribution is -2.29. The number of carbonyl (C=O) groups is 1. The number of amides is 1. The molecule has 7 nitrogen and oxygen atoms in total. The van der Waals surface area contributed by atoms with Crippen molar-refractivity contribution in [3.8, 4) is 0 Å². The summed E-state index contributed by atoms with van der Waals surface area (Å²) in [6, 6.07) is 4.99. The highest BCUT2D eigenvalue weighted by atomic mass is 16.3. The number of benzene rings is 1. The van der Waals surface area contributed by atoms with Crippen LogP contribution in [0.5, 0.6) is 0 Å². The first-order valence-corrected chi connectivity index (χ1v) is 7.64. The number of nitrogens with zero attached hydrogens (tertiary/aromatic N) is 4. The molecule has 0 saturated heterocycles. The second-order valence-electron chi connectivity index (χ2n) is 5.45. The molecule has 0 radical (unpaired) electrons. The summed E-state index contributed by atoms with van der Waals surface area (Å²) in [5.74, 6) is 1.15. The van der Waals surface area contributed by atoms with Crippen LogP contribution >= 0.6 is 0 Å². The summed E-state index contributed by atoms with van der Waals surface area (Å²) in [5.41, 5.74) is 1.88. The minimum atomic E-state index is -0.233. The maximum Gasteiger partial charge on any atom is 0.251 e. The Labute approximate surface area is 133 Å². The van der Waals surface area contributed by atoms with Crippen LogP contribution in [-0.4, -0.2) is 25.7 Å². The number of hydrogen-bond acceptors (Lipinski definition) is 5. The number of hydrogen-bond donors (Lipinski definition) is 1. The highest BCUT2D eigenvalue weighted by Crippen LogP contribution is 2.18. The van der Waals surface area contributed by atoms with Crippen LogP contribution in [0.25, 0.3) is 11.1 Å². The average molecular weight is 313 g/mol. The van der Waals surface area contributed by atoms with Crippen molar-refractivity contribution in [3.63, 3.8) is 0 Å². The lowest BCUT2D eigenvalue weighted by molar-refractivity contribution is 0.0937. The maximum absolute atomic E-state index is 12.4. The number of nitrogens with one attached hydrogen (secondary N) is 1. The first kappa shape index (κ1) is 15.2. The fourth-order valence-electron chi connectivity index (χ4n) is 2.52. The zero-order valence-electron chi connectivity index (χ0n) is 13.4. The number of carbonyl (C=O) groups excluding carboxylic acids is 1. The van der Waals surface area contributed by atoms with Gasteiger partial charge in [0.2, 0.25) is 0 Å². The number of aromatic nitrogens is 4. The van der Waals surface area contributed by atoms with Crippen LogP contribution in [0.3, 0.4) is 0 Å². The first-order valence-electron chi connectivity index (χ1n) is 7.64. The number of oxazole rings is 1. The van der Waals surface area contributed by atoms with E-state index in [2.05, 4.69) is 27.3 Å². The quantitative estimate of drug-likeness (QED) is 0.782. The van der Waals surface area contributed by atoms with Crippen molar-refractivity contribution in [1.29, 1.82) is 0 Å². The van der Waals surface area contributed by atoms with Crippen LogP contribution in [0.4, 0.5) is 0 Å². The van der Waals surface area contributed by atoms with E-state index in [1.807, 2.05) is 11.6 Å². The molecule has 3 rings (SSSR count). The molecule has 0 unspecified atom stereocenters. The number of aryl methyl sites for hydroxylation is 2. The topological polar surface area (TPSA) is 85.8 Å². The molecule has 0 bridgehead atoms. The van der Waals surface area contributed by atoms with Crippen LogP contribution in [-0.2, 0) is 6.54 Å². The predicted octanol–water partition coefficient (Wildman–Crippen LogP) is 2.63. The first-order chi connectivity index (χ1) is 11.1. The van der Waals surface area contributed by atoms with Gasteiger partial charge in [0.25, 0.3) is 5.91 Å². The Balaban J connectivity index is 1.77. The van der Waals surface area contributed by atoms with Gasteiger partial charge in [-0.25, -0.2) is 14.6 Å². The molecule has 0 fully saturated rings. The lowest BCUT2D eigenvalue weighted by atomic mass is 10.2. The van der Waals surface area contributed by atoms with Gasteiger partial charge >= 0.3 is 0 Å². The van der Waals surface area contributed by atoms with Crippen LogP contribution in [0, 0.1) is 6.92 Å². The minimum absolute atomic E-state index is 0.181. The minimum Gasteiger partial charge on any atom is -0.441 e. The van der Waals surface area contributed by atoms with Crippen LogP contribution < -0.4 is 5.32 Å². The second-order valence-corrected chi connectivity index (χ2v) is 5.45. The Morgan fingerprint density at radius 3 is 3.04 bits per heavy atom. The van der Waals surface area contributed by atoms with Gasteiger partial charge in [0, 0.05) is 19.0 Å². The van der Waals surface area contributed by atoms with Gasteiger partial charge in [0.15, 0.2) is 11.5 Å². The van der Waals surface area contributed by atoms with Crippen LogP contribution in [0.15, 0.2) is 28.9 Å². The third kappa shape index (κ3) is 3.08. The summed E-state index contributed by atoms with van der Waals surface area (Å²) >= 11 is 0.